The van der Waals surface area contributed by atoms with Crippen LogP contribution in [0.15, 0.2) is 24.3 Å². The number of nitrogens with two attached hydrogens (primary N) is 1. The minimum atomic E-state index is -0.340. The van der Waals surface area contributed by atoms with E-state index in [0.29, 0.717) is 6.42 Å². The number of carbonyl (C=O) groups is 1. The van der Waals surface area contributed by atoms with Crippen molar-refractivity contribution in [3.8, 4) is 5.75 Å². The molecule has 0 heterocycles. The average Bonchev–Trinajstić information content (AvgIpc) is 2.35. The zero-order chi connectivity index (χ0) is 12.8. The van der Waals surface area contributed by atoms with E-state index >= 15 is 0 Å². The van der Waals surface area contributed by atoms with Crippen LogP contribution in [0.25, 0.3) is 0 Å². The molecule has 0 fully saturated rings. The fourth-order valence-electron chi connectivity index (χ4n) is 1.60. The van der Waals surface area contributed by atoms with Gasteiger partial charge in [-0.3, -0.25) is 4.79 Å². The number of hydrogen-bond donors (Lipinski definition) is 1. The highest BCUT2D eigenvalue weighted by Crippen LogP contribution is 2.13. The largest absolute Gasteiger partial charge is 0.497 e. The zero-order valence-electron chi connectivity index (χ0n) is 10.8. The number of hydrogen-bond acceptors (Lipinski definition) is 3. The molecule has 1 aromatic rings. The lowest BCUT2D eigenvalue weighted by molar-refractivity contribution is -0.121. The third kappa shape index (κ3) is 4.19. The fourth-order valence-corrected chi connectivity index (χ4v) is 1.60. The molecule has 3 nitrogen and oxygen atoms in total. The first-order chi connectivity index (χ1) is 8.04. The summed E-state index contributed by atoms with van der Waals surface area (Å²) in [5, 5.41) is 0. The summed E-state index contributed by atoms with van der Waals surface area (Å²) in [5.41, 5.74) is 6.93. The number of Topliss-reactive ketones (excluding diaryl/α,β-unsaturated/α-hetero) is 1. The van der Waals surface area contributed by atoms with Gasteiger partial charge in [0.25, 0.3) is 0 Å². The van der Waals surface area contributed by atoms with E-state index in [0.717, 1.165) is 17.7 Å². The van der Waals surface area contributed by atoms with E-state index in [-0.39, 0.29) is 17.7 Å². The monoisotopic (exact) mass is 235 g/mol. The van der Waals surface area contributed by atoms with Crippen molar-refractivity contribution in [1.82, 2.24) is 0 Å². The van der Waals surface area contributed by atoms with Gasteiger partial charge < -0.3 is 10.5 Å². The number of aryl methyl sites for hydroxylation is 1. The Labute approximate surface area is 103 Å². The lowest BCUT2D eigenvalue weighted by Gasteiger charge is -2.13. The predicted octanol–water partition coefficient (Wildman–Crippen LogP) is 2.18. The van der Waals surface area contributed by atoms with Gasteiger partial charge in [0, 0.05) is 6.42 Å². The Bertz CT molecular complexity index is 357. The van der Waals surface area contributed by atoms with E-state index in [2.05, 4.69) is 0 Å². The maximum atomic E-state index is 11.7. The van der Waals surface area contributed by atoms with E-state index < -0.39 is 0 Å². The van der Waals surface area contributed by atoms with Gasteiger partial charge in [0.2, 0.25) is 0 Å². The molecule has 0 bridgehead atoms. The van der Waals surface area contributed by atoms with Gasteiger partial charge in [0.1, 0.15) is 11.5 Å². The zero-order valence-corrected chi connectivity index (χ0v) is 10.8. The summed E-state index contributed by atoms with van der Waals surface area (Å²) in [6.45, 7) is 3.94. The Morgan fingerprint density at radius 2 is 1.88 bits per heavy atom. The molecule has 0 saturated heterocycles. The fraction of sp³-hybridized carbons (Fsp3) is 0.500. The maximum Gasteiger partial charge on any atom is 0.150 e. The van der Waals surface area contributed by atoms with E-state index in [4.69, 9.17) is 10.5 Å². The lowest BCUT2D eigenvalue weighted by atomic mass is 9.96. The van der Waals surface area contributed by atoms with Crippen molar-refractivity contribution in [3.63, 3.8) is 0 Å². The minimum absolute atomic E-state index is 0.135. The minimum Gasteiger partial charge on any atom is -0.497 e. The molecule has 0 saturated carbocycles. The van der Waals surface area contributed by atoms with Crippen LogP contribution >= 0.6 is 0 Å². The smallest absolute Gasteiger partial charge is 0.150 e. The summed E-state index contributed by atoms with van der Waals surface area (Å²) in [6.07, 6.45) is 1.24. The molecule has 17 heavy (non-hydrogen) atoms. The van der Waals surface area contributed by atoms with Gasteiger partial charge >= 0.3 is 0 Å². The summed E-state index contributed by atoms with van der Waals surface area (Å²) in [5.74, 6) is 1.17. The second-order valence-electron chi connectivity index (χ2n) is 4.58. The molecule has 1 atom stereocenters. The van der Waals surface area contributed by atoms with Gasteiger partial charge in [-0.1, -0.05) is 26.0 Å². The van der Waals surface area contributed by atoms with Crippen LogP contribution < -0.4 is 10.5 Å². The van der Waals surface area contributed by atoms with Gasteiger partial charge in [-0.2, -0.15) is 0 Å². The van der Waals surface area contributed by atoms with Crippen molar-refractivity contribution in [1.29, 1.82) is 0 Å². The number of carbonyl (C=O) groups excluding carboxylic acids is 1. The highest BCUT2D eigenvalue weighted by atomic mass is 16.5. The molecule has 0 radical (unpaired) electrons. The van der Waals surface area contributed by atoms with Gasteiger partial charge in [0.05, 0.1) is 13.2 Å². The SMILES string of the molecule is COc1ccc(CCC(=O)[C@H](N)C(C)C)cc1. The van der Waals surface area contributed by atoms with Crippen molar-refractivity contribution in [2.75, 3.05) is 7.11 Å². The molecule has 0 spiro atoms. The number of ketones is 1. The van der Waals surface area contributed by atoms with Gasteiger partial charge in [-0.25, -0.2) is 0 Å². The number of ether oxygens (including phenoxy) is 1. The first-order valence-electron chi connectivity index (χ1n) is 5.96. The molecule has 2 N–H and O–H groups in total. The van der Waals surface area contributed by atoms with Crippen LogP contribution in [0, 0.1) is 5.92 Å². The molecule has 0 aromatic heterocycles. The van der Waals surface area contributed by atoms with Crippen molar-refractivity contribution < 1.29 is 9.53 Å². The summed E-state index contributed by atoms with van der Waals surface area (Å²) >= 11 is 0. The molecule has 0 aliphatic carbocycles. The molecule has 1 rings (SSSR count). The third-order valence-corrected chi connectivity index (χ3v) is 2.91. The first kappa shape index (κ1) is 13.7. The van der Waals surface area contributed by atoms with Crippen molar-refractivity contribution in [2.24, 2.45) is 11.7 Å². The Hall–Kier alpha value is -1.35. The molecule has 94 valence electrons. The van der Waals surface area contributed by atoms with Crippen LogP contribution in [-0.2, 0) is 11.2 Å². The van der Waals surface area contributed by atoms with Crippen molar-refractivity contribution in [3.05, 3.63) is 29.8 Å². The summed E-state index contributed by atoms with van der Waals surface area (Å²) in [7, 11) is 1.64. The Morgan fingerprint density at radius 1 is 1.29 bits per heavy atom. The number of methoxy groups -OCH3 is 1. The maximum absolute atomic E-state index is 11.7. The summed E-state index contributed by atoms with van der Waals surface area (Å²) in [4.78, 5) is 11.7. The number of benzene rings is 1. The van der Waals surface area contributed by atoms with Gasteiger partial charge in [0.15, 0.2) is 0 Å². The van der Waals surface area contributed by atoms with E-state index in [1.54, 1.807) is 7.11 Å². The van der Waals surface area contributed by atoms with Gasteiger partial charge in [-0.05, 0) is 30.0 Å². The van der Waals surface area contributed by atoms with E-state index in [1.807, 2.05) is 38.1 Å². The normalized spacial score (nSPS) is 12.5. The number of rotatable bonds is 6. The van der Waals surface area contributed by atoms with Gasteiger partial charge in [-0.15, -0.1) is 0 Å². The lowest BCUT2D eigenvalue weighted by Crippen LogP contribution is -2.35. The topological polar surface area (TPSA) is 52.3 Å². The van der Waals surface area contributed by atoms with Crippen LogP contribution in [0.2, 0.25) is 0 Å². The van der Waals surface area contributed by atoms with E-state index in [9.17, 15) is 4.79 Å². The Kier molecular flexibility index (Phi) is 5.16. The third-order valence-electron chi connectivity index (χ3n) is 2.91. The quantitative estimate of drug-likeness (QED) is 0.822. The second kappa shape index (κ2) is 6.40. The van der Waals surface area contributed by atoms with Crippen molar-refractivity contribution in [2.45, 2.75) is 32.7 Å². The van der Waals surface area contributed by atoms with E-state index in [1.165, 1.54) is 0 Å². The van der Waals surface area contributed by atoms with Crippen LogP contribution in [0.3, 0.4) is 0 Å². The van der Waals surface area contributed by atoms with Crippen LogP contribution in [0.1, 0.15) is 25.8 Å². The van der Waals surface area contributed by atoms with Crippen LogP contribution in [-0.4, -0.2) is 18.9 Å². The molecule has 0 amide bonds. The standard InChI is InChI=1S/C14H21NO2/c1-10(2)14(15)13(16)9-6-11-4-7-12(17-3)8-5-11/h4-5,7-8,10,14H,6,9,15H2,1-3H3/t14-/m1/s1. The molecular weight excluding hydrogens is 214 g/mol. The second-order valence-corrected chi connectivity index (χ2v) is 4.58. The highest BCUT2D eigenvalue weighted by Gasteiger charge is 2.16. The molecule has 0 aliphatic heterocycles. The molecule has 0 unspecified atom stereocenters. The van der Waals surface area contributed by atoms with Crippen LogP contribution in [0.5, 0.6) is 5.75 Å². The predicted molar refractivity (Wildman–Crippen MR) is 69.1 cm³/mol. The summed E-state index contributed by atoms with van der Waals surface area (Å²) < 4.78 is 5.08. The average molecular weight is 235 g/mol. The van der Waals surface area contributed by atoms with Crippen molar-refractivity contribution >= 4 is 5.78 Å². The summed E-state index contributed by atoms with van der Waals surface area (Å²) in [6, 6.07) is 7.43. The highest BCUT2D eigenvalue weighted by molar-refractivity contribution is 5.84. The first-order valence-corrected chi connectivity index (χ1v) is 5.96. The van der Waals surface area contributed by atoms with Crippen LogP contribution in [0.4, 0.5) is 0 Å². The molecule has 1 aromatic carbocycles. The molecule has 3 heteroatoms. The molecule has 0 aliphatic rings. The Balaban J connectivity index is 2.47. The Morgan fingerprint density at radius 3 is 2.35 bits per heavy atom. The molecular formula is C14H21NO2.